The summed E-state index contributed by atoms with van der Waals surface area (Å²) in [4.78, 5) is 38.9. The number of hydrogen-bond acceptors (Lipinski definition) is 6. The molecular formula is C32H36ClIN5O5P. The van der Waals surface area contributed by atoms with Gasteiger partial charge in [0, 0.05) is 54.3 Å². The second-order valence-corrected chi connectivity index (χ2v) is 13.8. The number of fused-ring (bicyclic) bond motifs is 1. The van der Waals surface area contributed by atoms with Crippen molar-refractivity contribution in [2.75, 3.05) is 25.0 Å². The monoisotopic (exact) mass is 763 g/mol. The topological polar surface area (TPSA) is 126 Å². The van der Waals surface area contributed by atoms with Crippen molar-refractivity contribution in [2.24, 2.45) is 0 Å². The van der Waals surface area contributed by atoms with Crippen LogP contribution >= 0.6 is 40.0 Å². The summed E-state index contributed by atoms with van der Waals surface area (Å²) >= 11 is 8.81. The lowest BCUT2D eigenvalue weighted by atomic mass is 10.0. The van der Waals surface area contributed by atoms with E-state index in [1.807, 2.05) is 48.5 Å². The Labute approximate surface area is 282 Å². The molecule has 238 valence electrons. The number of ether oxygens (including phenoxy) is 1. The first kappa shape index (κ1) is 34.5. The van der Waals surface area contributed by atoms with E-state index in [1.165, 1.54) is 4.90 Å². The summed E-state index contributed by atoms with van der Waals surface area (Å²) in [5, 5.41) is 21.5. The molecule has 3 aromatic carbocycles. The highest BCUT2D eigenvalue weighted by molar-refractivity contribution is 14.2. The molecule has 3 N–H and O–H groups in total. The minimum Gasteiger partial charge on any atom is -0.478 e. The van der Waals surface area contributed by atoms with E-state index >= 15 is 0 Å². The molecule has 0 saturated carbocycles. The summed E-state index contributed by atoms with van der Waals surface area (Å²) in [5.74, 6) is -1.20. The summed E-state index contributed by atoms with van der Waals surface area (Å²) in [7, 11) is 0. The summed E-state index contributed by atoms with van der Waals surface area (Å²) < 4.78 is 7.38. The van der Waals surface area contributed by atoms with Gasteiger partial charge in [-0.15, -0.1) is 0 Å². The first-order chi connectivity index (χ1) is 21.4. The number of carboxylic acids is 1. The van der Waals surface area contributed by atoms with Crippen LogP contribution in [0.1, 0.15) is 49.5 Å². The Kier molecular flexibility index (Phi) is 12.0. The molecule has 13 heteroatoms. The minimum atomic E-state index is -1.01. The SMILES string of the molecule is CC(C)(C)OC(=O)N(CCC(=O)NCCCNc1cc(C(=O)O)cc2c1cnn2PI)Cc1ccc(-c2ccccc2)c(Cl)c1. The van der Waals surface area contributed by atoms with Crippen molar-refractivity contribution in [2.45, 2.75) is 45.8 Å². The fourth-order valence-corrected chi connectivity index (χ4v) is 6.46. The molecule has 0 aliphatic heterocycles. The van der Waals surface area contributed by atoms with E-state index in [4.69, 9.17) is 16.3 Å². The number of aromatic nitrogens is 2. The Hall–Kier alpha value is -3.41. The van der Waals surface area contributed by atoms with E-state index in [0.29, 0.717) is 36.6 Å². The zero-order chi connectivity index (χ0) is 32.6. The quantitative estimate of drug-likeness (QED) is 0.0728. The number of nitrogens with one attached hydrogen (secondary N) is 2. The van der Waals surface area contributed by atoms with Crippen molar-refractivity contribution in [3.05, 3.63) is 83.0 Å². The zero-order valence-corrected chi connectivity index (χ0v) is 29.2. The molecule has 0 aliphatic carbocycles. The lowest BCUT2D eigenvalue weighted by Gasteiger charge is -2.27. The number of aromatic carboxylic acids is 1. The molecule has 0 bridgehead atoms. The van der Waals surface area contributed by atoms with Gasteiger partial charge in [0.05, 0.1) is 23.7 Å². The van der Waals surface area contributed by atoms with Gasteiger partial charge in [-0.3, -0.25) is 4.79 Å². The maximum Gasteiger partial charge on any atom is 0.410 e. The summed E-state index contributed by atoms with van der Waals surface area (Å²) in [6.07, 6.45) is 2.25. The molecule has 2 amide bonds. The van der Waals surface area contributed by atoms with Gasteiger partial charge >= 0.3 is 12.1 Å². The normalized spacial score (nSPS) is 11.6. The van der Waals surface area contributed by atoms with Crippen molar-refractivity contribution in [1.82, 2.24) is 19.8 Å². The lowest BCUT2D eigenvalue weighted by Crippen LogP contribution is -2.39. The van der Waals surface area contributed by atoms with Gasteiger partial charge in [-0.05, 0) is 78.6 Å². The van der Waals surface area contributed by atoms with Crippen molar-refractivity contribution >= 4 is 74.6 Å². The highest BCUT2D eigenvalue weighted by Crippen LogP contribution is 2.33. The van der Waals surface area contributed by atoms with Crippen LogP contribution in [0.4, 0.5) is 10.5 Å². The molecule has 10 nitrogen and oxygen atoms in total. The summed E-state index contributed by atoms with van der Waals surface area (Å²) in [5.41, 5.74) is 3.64. The standard InChI is InChI=1S/C32H36ClIN5O5P/c1-32(2,3)44-31(43)38(20-21-10-11-24(26(33)16-21)22-8-5-4-6-9-22)15-12-29(40)36-14-7-13-35-27-17-23(30(41)42)18-28-25(27)19-37-39(28)45-34/h4-6,8-11,16-19,35,45H,7,12-15,20H2,1-3H3,(H,36,40)(H,41,42). The van der Waals surface area contributed by atoms with E-state index in [0.717, 1.165) is 27.6 Å². The van der Waals surface area contributed by atoms with Crippen LogP contribution in [0.3, 0.4) is 0 Å². The smallest absolute Gasteiger partial charge is 0.410 e. The highest BCUT2D eigenvalue weighted by atomic mass is 127. The maximum absolute atomic E-state index is 13.1. The molecule has 0 spiro atoms. The second kappa shape index (κ2) is 15.7. The third-order valence-electron chi connectivity index (χ3n) is 6.76. The number of amides is 2. The molecule has 0 fully saturated rings. The highest BCUT2D eigenvalue weighted by Gasteiger charge is 2.23. The molecule has 1 unspecified atom stereocenters. The van der Waals surface area contributed by atoms with Crippen molar-refractivity contribution in [3.63, 3.8) is 0 Å². The average molecular weight is 764 g/mol. The molecule has 0 aliphatic rings. The van der Waals surface area contributed by atoms with Gasteiger partial charge in [-0.2, -0.15) is 5.10 Å². The number of nitrogens with zero attached hydrogens (tertiary/aromatic N) is 3. The predicted molar refractivity (Wildman–Crippen MR) is 189 cm³/mol. The van der Waals surface area contributed by atoms with Gasteiger partial charge in [0.1, 0.15) is 5.60 Å². The van der Waals surface area contributed by atoms with Crippen molar-refractivity contribution < 1.29 is 24.2 Å². The maximum atomic E-state index is 13.1. The minimum absolute atomic E-state index is 0.0973. The molecule has 1 aromatic heterocycles. The average Bonchev–Trinajstić information content (AvgIpc) is 3.42. The van der Waals surface area contributed by atoms with Gasteiger partial charge in [0.15, 0.2) is 0 Å². The molecular weight excluding hydrogens is 728 g/mol. The van der Waals surface area contributed by atoms with Crippen LogP contribution in [0.5, 0.6) is 0 Å². The number of benzene rings is 3. The van der Waals surface area contributed by atoms with E-state index < -0.39 is 17.7 Å². The van der Waals surface area contributed by atoms with Crippen LogP contribution in [0.25, 0.3) is 22.0 Å². The predicted octanol–water partition coefficient (Wildman–Crippen LogP) is 7.59. The van der Waals surface area contributed by atoms with Gasteiger partial charge in [0.2, 0.25) is 5.91 Å². The summed E-state index contributed by atoms with van der Waals surface area (Å²) in [6, 6.07) is 18.7. The van der Waals surface area contributed by atoms with Crippen LogP contribution < -0.4 is 10.6 Å². The number of hydrogen-bond donors (Lipinski definition) is 3. The third-order valence-corrected chi connectivity index (χ3v) is 8.96. The Balaban J connectivity index is 1.31. The van der Waals surface area contributed by atoms with E-state index in [2.05, 4.69) is 37.8 Å². The first-order valence-electron chi connectivity index (χ1n) is 14.4. The number of rotatable bonds is 13. The fourth-order valence-electron chi connectivity index (χ4n) is 4.62. The Morgan fingerprint density at radius 3 is 2.51 bits per heavy atom. The third kappa shape index (κ3) is 9.79. The zero-order valence-electron chi connectivity index (χ0n) is 25.3. The van der Waals surface area contributed by atoms with Crippen molar-refractivity contribution in [3.8, 4) is 11.1 Å². The van der Waals surface area contributed by atoms with E-state index in [1.54, 1.807) is 43.6 Å². The van der Waals surface area contributed by atoms with Crippen LogP contribution in [-0.2, 0) is 16.1 Å². The number of carboxylic acid groups (broad SMARTS) is 1. The Morgan fingerprint density at radius 1 is 1.09 bits per heavy atom. The number of carbonyl (C=O) groups is 3. The van der Waals surface area contributed by atoms with Gasteiger partial charge in [0.25, 0.3) is 0 Å². The number of halogens is 2. The molecule has 1 heterocycles. The largest absolute Gasteiger partial charge is 0.478 e. The van der Waals surface area contributed by atoms with E-state index in [9.17, 15) is 19.5 Å². The first-order valence-corrected chi connectivity index (χ1v) is 18.8. The molecule has 0 radical (unpaired) electrons. The Bertz CT molecular complexity index is 1660. The molecule has 1 atom stereocenters. The van der Waals surface area contributed by atoms with Crippen LogP contribution in [0, 0.1) is 0 Å². The molecule has 45 heavy (non-hydrogen) atoms. The van der Waals surface area contributed by atoms with Gasteiger partial charge in [-0.25, -0.2) is 14.0 Å². The number of anilines is 1. The van der Waals surface area contributed by atoms with Gasteiger partial charge < -0.3 is 25.4 Å². The fraction of sp³-hybridized carbons (Fsp3) is 0.312. The summed E-state index contributed by atoms with van der Waals surface area (Å²) in [6.45, 7) is 6.72. The lowest BCUT2D eigenvalue weighted by molar-refractivity contribution is -0.121. The van der Waals surface area contributed by atoms with Crippen LogP contribution in [0.15, 0.2) is 66.9 Å². The Morgan fingerprint density at radius 2 is 1.84 bits per heavy atom. The molecule has 0 saturated heterocycles. The van der Waals surface area contributed by atoms with Crippen LogP contribution in [0.2, 0.25) is 5.02 Å². The molecule has 4 aromatic rings. The number of carbonyl (C=O) groups excluding carboxylic acids is 2. The molecule has 4 rings (SSSR count). The van der Waals surface area contributed by atoms with Crippen LogP contribution in [-0.4, -0.2) is 62.8 Å². The van der Waals surface area contributed by atoms with E-state index in [-0.39, 0.29) is 31.0 Å². The second-order valence-electron chi connectivity index (χ2n) is 11.4. The van der Waals surface area contributed by atoms with Crippen molar-refractivity contribution in [1.29, 1.82) is 0 Å². The van der Waals surface area contributed by atoms with Gasteiger partial charge in [-0.1, -0.05) is 54.1 Å².